The molecule has 0 amide bonds. The van der Waals surface area contributed by atoms with E-state index in [9.17, 15) is 4.39 Å². The molecule has 2 atom stereocenters. The van der Waals surface area contributed by atoms with Crippen molar-refractivity contribution in [3.8, 4) is 0 Å². The Hall–Kier alpha value is -1.13. The summed E-state index contributed by atoms with van der Waals surface area (Å²) in [4.78, 5) is 2.14. The first kappa shape index (κ1) is 13.8. The summed E-state index contributed by atoms with van der Waals surface area (Å²) in [5, 5.41) is 3.48. The third-order valence-corrected chi connectivity index (χ3v) is 3.96. The number of hydrogen-bond donors (Lipinski definition) is 1. The summed E-state index contributed by atoms with van der Waals surface area (Å²) in [6.45, 7) is 6.35. The average Bonchev–Trinajstić information content (AvgIpc) is 3.19. The molecule has 0 unspecified atom stereocenters. The number of anilines is 1. The van der Waals surface area contributed by atoms with E-state index in [1.165, 1.54) is 12.8 Å². The minimum Gasteiger partial charge on any atom is -0.372 e. The lowest BCUT2D eigenvalue weighted by Crippen LogP contribution is -2.46. The van der Waals surface area contributed by atoms with E-state index in [0.717, 1.165) is 30.9 Å². The SMILES string of the molecule is C[C@@H]1CN(c2c(F)cccc2CNC2CC2)C[C@H](C)O1. The number of rotatable bonds is 4. The lowest BCUT2D eigenvalue weighted by Gasteiger charge is -2.38. The predicted octanol–water partition coefficient (Wildman–Crippen LogP) is 2.69. The fraction of sp³-hybridized carbons (Fsp3) is 0.625. The van der Waals surface area contributed by atoms with Gasteiger partial charge in [0.05, 0.1) is 17.9 Å². The summed E-state index contributed by atoms with van der Waals surface area (Å²) in [6, 6.07) is 6.02. The molecule has 110 valence electrons. The Morgan fingerprint density at radius 3 is 2.60 bits per heavy atom. The van der Waals surface area contributed by atoms with Crippen molar-refractivity contribution in [2.24, 2.45) is 0 Å². The Balaban J connectivity index is 1.81. The molecule has 1 aliphatic heterocycles. The number of ether oxygens (including phenoxy) is 1. The Morgan fingerprint density at radius 1 is 1.25 bits per heavy atom. The van der Waals surface area contributed by atoms with Crippen molar-refractivity contribution in [2.75, 3.05) is 18.0 Å². The Bertz CT molecular complexity index is 466. The largest absolute Gasteiger partial charge is 0.372 e. The van der Waals surface area contributed by atoms with Gasteiger partial charge in [-0.25, -0.2) is 4.39 Å². The fourth-order valence-electron chi connectivity index (χ4n) is 2.96. The highest BCUT2D eigenvalue weighted by Crippen LogP contribution is 2.28. The number of hydrogen-bond acceptors (Lipinski definition) is 3. The highest BCUT2D eigenvalue weighted by molar-refractivity contribution is 5.55. The molecule has 1 N–H and O–H groups in total. The summed E-state index contributed by atoms with van der Waals surface area (Å²) in [5.41, 5.74) is 1.81. The van der Waals surface area contributed by atoms with Crippen LogP contribution in [0.25, 0.3) is 0 Å². The topological polar surface area (TPSA) is 24.5 Å². The van der Waals surface area contributed by atoms with Crippen LogP contribution in [-0.4, -0.2) is 31.3 Å². The van der Waals surface area contributed by atoms with Crippen LogP contribution in [0.1, 0.15) is 32.3 Å². The van der Waals surface area contributed by atoms with Gasteiger partial charge in [0.2, 0.25) is 0 Å². The Kier molecular flexibility index (Phi) is 3.94. The lowest BCUT2D eigenvalue weighted by atomic mass is 10.1. The molecule has 1 saturated carbocycles. The van der Waals surface area contributed by atoms with E-state index in [1.54, 1.807) is 12.1 Å². The van der Waals surface area contributed by atoms with Crippen LogP contribution in [0.2, 0.25) is 0 Å². The van der Waals surface area contributed by atoms with Crippen molar-refractivity contribution >= 4 is 5.69 Å². The van der Waals surface area contributed by atoms with Crippen molar-refractivity contribution < 1.29 is 9.13 Å². The molecule has 0 aromatic heterocycles. The second-order valence-electron chi connectivity index (χ2n) is 6.07. The number of nitrogens with zero attached hydrogens (tertiary/aromatic N) is 1. The molecule has 3 nitrogen and oxygen atoms in total. The zero-order chi connectivity index (χ0) is 14.1. The van der Waals surface area contributed by atoms with Gasteiger partial charge in [0, 0.05) is 25.7 Å². The minimum absolute atomic E-state index is 0.124. The van der Waals surface area contributed by atoms with Gasteiger partial charge in [-0.15, -0.1) is 0 Å². The van der Waals surface area contributed by atoms with E-state index in [0.29, 0.717) is 6.04 Å². The Labute approximate surface area is 120 Å². The second kappa shape index (κ2) is 5.70. The molecule has 0 radical (unpaired) electrons. The summed E-state index contributed by atoms with van der Waals surface area (Å²) >= 11 is 0. The van der Waals surface area contributed by atoms with Gasteiger partial charge >= 0.3 is 0 Å². The van der Waals surface area contributed by atoms with Crippen LogP contribution in [0.4, 0.5) is 10.1 Å². The normalized spacial score (nSPS) is 26.9. The van der Waals surface area contributed by atoms with E-state index in [-0.39, 0.29) is 18.0 Å². The van der Waals surface area contributed by atoms with Gasteiger partial charge in [-0.3, -0.25) is 0 Å². The van der Waals surface area contributed by atoms with E-state index in [1.807, 2.05) is 19.9 Å². The van der Waals surface area contributed by atoms with Crippen LogP contribution in [0, 0.1) is 5.82 Å². The molecule has 1 aliphatic carbocycles. The molecular weight excluding hydrogens is 255 g/mol. The van der Waals surface area contributed by atoms with E-state index >= 15 is 0 Å². The van der Waals surface area contributed by atoms with Gasteiger partial charge in [0.15, 0.2) is 0 Å². The zero-order valence-electron chi connectivity index (χ0n) is 12.2. The van der Waals surface area contributed by atoms with E-state index < -0.39 is 0 Å². The van der Waals surface area contributed by atoms with Crippen molar-refractivity contribution in [2.45, 2.75) is 51.5 Å². The van der Waals surface area contributed by atoms with Gasteiger partial charge < -0.3 is 15.0 Å². The maximum absolute atomic E-state index is 14.3. The number of nitrogens with one attached hydrogen (secondary N) is 1. The lowest BCUT2D eigenvalue weighted by molar-refractivity contribution is -0.00544. The first-order chi connectivity index (χ1) is 9.63. The van der Waals surface area contributed by atoms with E-state index in [4.69, 9.17) is 4.74 Å². The van der Waals surface area contributed by atoms with Gasteiger partial charge in [-0.05, 0) is 38.3 Å². The molecule has 1 saturated heterocycles. The molecule has 1 aromatic carbocycles. The Morgan fingerprint density at radius 2 is 1.95 bits per heavy atom. The summed E-state index contributed by atoms with van der Waals surface area (Å²) in [5.74, 6) is -0.124. The van der Waals surface area contributed by atoms with Gasteiger partial charge in [0.1, 0.15) is 5.82 Å². The first-order valence-electron chi connectivity index (χ1n) is 7.54. The van der Waals surface area contributed by atoms with Crippen molar-refractivity contribution in [1.82, 2.24) is 5.32 Å². The quantitative estimate of drug-likeness (QED) is 0.916. The van der Waals surface area contributed by atoms with Crippen LogP contribution in [0.15, 0.2) is 18.2 Å². The summed E-state index contributed by atoms with van der Waals surface area (Å²) in [6.07, 6.45) is 2.78. The standard InChI is InChI=1S/C16H23FN2O/c1-11-9-19(10-12(2)20-11)16-13(4-3-5-15(16)17)8-18-14-6-7-14/h3-5,11-12,14,18H,6-10H2,1-2H3/t11-,12+. The molecule has 2 fully saturated rings. The van der Waals surface area contributed by atoms with Crippen LogP contribution in [0.3, 0.4) is 0 Å². The molecule has 20 heavy (non-hydrogen) atoms. The number of para-hydroxylation sites is 1. The van der Waals surface area contributed by atoms with Crippen molar-refractivity contribution in [3.63, 3.8) is 0 Å². The van der Waals surface area contributed by atoms with Crippen LogP contribution in [-0.2, 0) is 11.3 Å². The highest BCUT2D eigenvalue weighted by atomic mass is 19.1. The third-order valence-electron chi connectivity index (χ3n) is 3.96. The first-order valence-corrected chi connectivity index (χ1v) is 7.54. The molecule has 0 spiro atoms. The monoisotopic (exact) mass is 278 g/mol. The summed E-state index contributed by atoms with van der Waals surface area (Å²) < 4.78 is 20.1. The minimum atomic E-state index is -0.124. The number of benzene rings is 1. The van der Waals surface area contributed by atoms with E-state index in [2.05, 4.69) is 10.2 Å². The number of halogens is 1. The van der Waals surface area contributed by atoms with Gasteiger partial charge in [-0.1, -0.05) is 12.1 Å². The highest BCUT2D eigenvalue weighted by Gasteiger charge is 2.27. The van der Waals surface area contributed by atoms with Crippen LogP contribution >= 0.6 is 0 Å². The van der Waals surface area contributed by atoms with Crippen molar-refractivity contribution in [3.05, 3.63) is 29.6 Å². The molecule has 0 bridgehead atoms. The maximum Gasteiger partial charge on any atom is 0.146 e. The number of morpholine rings is 1. The average molecular weight is 278 g/mol. The van der Waals surface area contributed by atoms with Gasteiger partial charge in [-0.2, -0.15) is 0 Å². The molecular formula is C16H23FN2O. The van der Waals surface area contributed by atoms with Crippen LogP contribution < -0.4 is 10.2 Å². The second-order valence-corrected chi connectivity index (χ2v) is 6.07. The maximum atomic E-state index is 14.3. The molecule has 2 aliphatic rings. The zero-order valence-corrected chi connectivity index (χ0v) is 12.2. The summed E-state index contributed by atoms with van der Waals surface area (Å²) in [7, 11) is 0. The molecule has 1 heterocycles. The molecule has 3 rings (SSSR count). The fourth-order valence-corrected chi connectivity index (χ4v) is 2.96. The molecule has 4 heteroatoms. The van der Waals surface area contributed by atoms with Crippen molar-refractivity contribution in [1.29, 1.82) is 0 Å². The third kappa shape index (κ3) is 3.13. The predicted molar refractivity (Wildman–Crippen MR) is 78.5 cm³/mol. The van der Waals surface area contributed by atoms with Crippen LogP contribution in [0.5, 0.6) is 0 Å². The van der Waals surface area contributed by atoms with Gasteiger partial charge in [0.25, 0.3) is 0 Å². The molecule has 1 aromatic rings. The smallest absolute Gasteiger partial charge is 0.146 e.